The zero-order valence-corrected chi connectivity index (χ0v) is 17.7. The summed E-state index contributed by atoms with van der Waals surface area (Å²) in [5.74, 6) is 0.590. The first kappa shape index (κ1) is 21.5. The minimum atomic E-state index is -0.433. The molecule has 1 heterocycles. The maximum absolute atomic E-state index is 13.1. The van der Waals surface area contributed by atoms with Crippen LogP contribution < -0.4 is 4.90 Å². The molecule has 4 nitrogen and oxygen atoms in total. The molecule has 1 aliphatic carbocycles. The van der Waals surface area contributed by atoms with Gasteiger partial charge < -0.3 is 14.7 Å². The number of aliphatic hydroxyl groups is 1. The lowest BCUT2D eigenvalue weighted by atomic mass is 9.72. The molecule has 1 atom stereocenters. The molecular weight excluding hydrogens is 355 g/mol. The molecule has 1 aliphatic heterocycles. The van der Waals surface area contributed by atoms with Crippen LogP contribution in [0.2, 0.25) is 0 Å². The Morgan fingerprint density at radius 1 is 1.04 bits per heavy atom. The highest BCUT2D eigenvalue weighted by atomic mass is 19.1. The number of nitrogens with zero attached hydrogens (tertiary/aromatic N) is 2. The molecule has 1 saturated carbocycles. The van der Waals surface area contributed by atoms with Gasteiger partial charge in [-0.2, -0.15) is 0 Å². The molecule has 0 unspecified atom stereocenters. The number of aliphatic hydroxyl groups excluding tert-OH is 1. The highest BCUT2D eigenvalue weighted by Gasteiger charge is 2.30. The predicted molar refractivity (Wildman–Crippen MR) is 112 cm³/mol. The molecule has 2 aliphatic rings. The number of anilines is 1. The van der Waals surface area contributed by atoms with Crippen molar-refractivity contribution in [2.45, 2.75) is 58.7 Å². The quantitative estimate of drug-likeness (QED) is 0.796. The Morgan fingerprint density at radius 2 is 1.64 bits per heavy atom. The van der Waals surface area contributed by atoms with E-state index < -0.39 is 6.10 Å². The monoisotopic (exact) mass is 392 g/mol. The van der Waals surface area contributed by atoms with Crippen molar-refractivity contribution in [2.75, 3.05) is 44.2 Å². The van der Waals surface area contributed by atoms with E-state index in [1.165, 1.54) is 25.0 Å². The second-order valence-electron chi connectivity index (χ2n) is 9.59. The molecule has 1 aromatic carbocycles. The van der Waals surface area contributed by atoms with Gasteiger partial charge in [0.15, 0.2) is 0 Å². The van der Waals surface area contributed by atoms with Crippen molar-refractivity contribution >= 4 is 5.69 Å². The topological polar surface area (TPSA) is 35.9 Å². The highest BCUT2D eigenvalue weighted by molar-refractivity contribution is 5.46. The molecule has 0 bridgehead atoms. The molecule has 5 heteroatoms. The van der Waals surface area contributed by atoms with E-state index in [2.05, 4.69) is 30.6 Å². The van der Waals surface area contributed by atoms with Crippen molar-refractivity contribution in [2.24, 2.45) is 11.3 Å². The van der Waals surface area contributed by atoms with E-state index in [1.807, 2.05) is 12.1 Å². The van der Waals surface area contributed by atoms with Gasteiger partial charge in [0.2, 0.25) is 0 Å². The van der Waals surface area contributed by atoms with E-state index in [-0.39, 0.29) is 5.82 Å². The van der Waals surface area contributed by atoms with Crippen molar-refractivity contribution in [1.29, 1.82) is 0 Å². The van der Waals surface area contributed by atoms with Crippen LogP contribution in [0.15, 0.2) is 24.3 Å². The number of β-amino-alcohol motifs (C(OH)–C–C–N with tert-alkyl or cyclic N) is 1. The predicted octanol–water partition coefficient (Wildman–Crippen LogP) is 3.93. The number of piperazine rings is 1. The molecule has 158 valence electrons. The first-order valence-corrected chi connectivity index (χ1v) is 10.8. The summed E-state index contributed by atoms with van der Waals surface area (Å²) < 4.78 is 19.1. The number of hydrogen-bond acceptors (Lipinski definition) is 4. The van der Waals surface area contributed by atoms with E-state index in [4.69, 9.17) is 4.74 Å². The van der Waals surface area contributed by atoms with Crippen molar-refractivity contribution in [3.8, 4) is 0 Å². The van der Waals surface area contributed by atoms with Crippen molar-refractivity contribution in [1.82, 2.24) is 4.90 Å². The molecule has 0 amide bonds. The maximum atomic E-state index is 13.1. The summed E-state index contributed by atoms with van der Waals surface area (Å²) in [4.78, 5) is 4.57. The highest BCUT2D eigenvalue weighted by Crippen LogP contribution is 2.38. The van der Waals surface area contributed by atoms with Gasteiger partial charge >= 0.3 is 0 Å². The molecule has 0 aromatic heterocycles. The third-order valence-electron chi connectivity index (χ3n) is 6.46. The number of halogens is 1. The Kier molecular flexibility index (Phi) is 7.35. The summed E-state index contributed by atoms with van der Waals surface area (Å²) in [5.41, 5.74) is 1.45. The Bertz CT molecular complexity index is 586. The van der Waals surface area contributed by atoms with Gasteiger partial charge in [-0.1, -0.05) is 20.8 Å². The van der Waals surface area contributed by atoms with Gasteiger partial charge in [-0.15, -0.1) is 0 Å². The minimum absolute atomic E-state index is 0.197. The Hall–Kier alpha value is -1.17. The summed E-state index contributed by atoms with van der Waals surface area (Å²) >= 11 is 0. The van der Waals surface area contributed by atoms with Crippen LogP contribution in [0.4, 0.5) is 10.1 Å². The fourth-order valence-corrected chi connectivity index (χ4v) is 4.53. The van der Waals surface area contributed by atoms with E-state index in [0.717, 1.165) is 50.6 Å². The van der Waals surface area contributed by atoms with Crippen LogP contribution in [-0.2, 0) is 4.74 Å². The maximum Gasteiger partial charge on any atom is 0.123 e. The van der Waals surface area contributed by atoms with E-state index in [9.17, 15) is 9.50 Å². The summed E-state index contributed by atoms with van der Waals surface area (Å²) in [6.07, 6.45) is 4.57. The Morgan fingerprint density at radius 3 is 2.21 bits per heavy atom. The van der Waals surface area contributed by atoms with Gasteiger partial charge in [-0.05, 0) is 61.3 Å². The third kappa shape index (κ3) is 6.16. The van der Waals surface area contributed by atoms with Crippen LogP contribution in [-0.4, -0.2) is 61.5 Å². The fraction of sp³-hybridized carbons (Fsp3) is 0.739. The molecule has 0 radical (unpaired) electrons. The lowest BCUT2D eigenvalue weighted by Gasteiger charge is -2.38. The van der Waals surface area contributed by atoms with Crippen LogP contribution in [0.5, 0.6) is 0 Å². The normalized spacial score (nSPS) is 25.7. The van der Waals surface area contributed by atoms with Gasteiger partial charge in [-0.25, -0.2) is 4.39 Å². The molecular formula is C23H37FN2O2. The largest absolute Gasteiger partial charge is 0.389 e. The number of hydrogen-bond donors (Lipinski definition) is 1. The standard InChI is InChI=1S/C23H37FN2O2/c1-23(2,3)18-4-10-22(11-5-18)28-17-21(27)16-25-12-14-26(15-13-25)20-8-6-19(24)7-9-20/h6-9,18,21-22,27H,4-5,10-17H2,1-3H3/t18?,21-,22?/m1/s1. The van der Waals surface area contributed by atoms with Crippen LogP contribution in [0.1, 0.15) is 46.5 Å². The average Bonchev–Trinajstić information content (AvgIpc) is 2.67. The zero-order valence-electron chi connectivity index (χ0n) is 17.7. The van der Waals surface area contributed by atoms with E-state index in [1.54, 1.807) is 0 Å². The molecule has 1 aromatic rings. The van der Waals surface area contributed by atoms with Gasteiger partial charge in [-0.3, -0.25) is 4.90 Å². The van der Waals surface area contributed by atoms with E-state index in [0.29, 0.717) is 24.7 Å². The van der Waals surface area contributed by atoms with Crippen LogP contribution >= 0.6 is 0 Å². The lowest BCUT2D eigenvalue weighted by Crippen LogP contribution is -2.49. The smallest absolute Gasteiger partial charge is 0.123 e. The molecule has 2 fully saturated rings. The molecule has 1 saturated heterocycles. The fourth-order valence-electron chi connectivity index (χ4n) is 4.53. The molecule has 3 rings (SSSR count). The first-order chi connectivity index (χ1) is 13.3. The SMILES string of the molecule is CC(C)(C)C1CCC(OC[C@H](O)CN2CCN(c3ccc(F)cc3)CC2)CC1. The Labute approximate surface area is 169 Å². The molecule has 0 spiro atoms. The van der Waals surface area contributed by atoms with Crippen LogP contribution in [0.25, 0.3) is 0 Å². The minimum Gasteiger partial charge on any atom is -0.389 e. The van der Waals surface area contributed by atoms with Crippen LogP contribution in [0, 0.1) is 17.2 Å². The van der Waals surface area contributed by atoms with Crippen molar-refractivity contribution < 1.29 is 14.2 Å². The van der Waals surface area contributed by atoms with Gasteiger partial charge in [0.1, 0.15) is 5.82 Å². The molecule has 28 heavy (non-hydrogen) atoms. The summed E-state index contributed by atoms with van der Waals surface area (Å²) in [6.45, 7) is 11.7. The Balaban J connectivity index is 1.33. The van der Waals surface area contributed by atoms with Crippen molar-refractivity contribution in [3.63, 3.8) is 0 Å². The van der Waals surface area contributed by atoms with Crippen molar-refractivity contribution in [3.05, 3.63) is 30.1 Å². The van der Waals surface area contributed by atoms with Gasteiger partial charge in [0, 0.05) is 38.4 Å². The third-order valence-corrected chi connectivity index (χ3v) is 6.46. The number of ether oxygens (including phenoxy) is 1. The second kappa shape index (κ2) is 9.55. The average molecular weight is 393 g/mol. The zero-order chi connectivity index (χ0) is 20.1. The van der Waals surface area contributed by atoms with Crippen LogP contribution in [0.3, 0.4) is 0 Å². The lowest BCUT2D eigenvalue weighted by molar-refractivity contribution is -0.0446. The van der Waals surface area contributed by atoms with Gasteiger partial charge in [0.25, 0.3) is 0 Å². The summed E-state index contributed by atoms with van der Waals surface area (Å²) in [5, 5.41) is 10.4. The first-order valence-electron chi connectivity index (χ1n) is 10.8. The van der Waals surface area contributed by atoms with Gasteiger partial charge in [0.05, 0.1) is 18.8 Å². The summed E-state index contributed by atoms with van der Waals surface area (Å²) in [6, 6.07) is 6.69. The number of rotatable bonds is 6. The molecule has 1 N–H and O–H groups in total. The summed E-state index contributed by atoms with van der Waals surface area (Å²) in [7, 11) is 0. The second-order valence-corrected chi connectivity index (χ2v) is 9.59. The van der Waals surface area contributed by atoms with E-state index >= 15 is 0 Å². The number of benzene rings is 1.